The average Bonchev–Trinajstić information content (AvgIpc) is 3.17. The molecule has 2 aliphatic rings. The van der Waals surface area contributed by atoms with Crippen LogP contribution in [-0.4, -0.2) is 83.3 Å². The minimum atomic E-state index is -0.554. The Balaban J connectivity index is 1.17. The molecule has 1 saturated carbocycles. The fourth-order valence-corrected chi connectivity index (χ4v) is 5.53. The van der Waals surface area contributed by atoms with Gasteiger partial charge in [0.05, 0.1) is 21.3 Å². The number of rotatable bonds is 8. The number of carbonyl (C=O) groups excluding carboxylic acids is 1. The maximum atomic E-state index is 12.6. The second-order valence-corrected chi connectivity index (χ2v) is 10.4. The van der Waals surface area contributed by atoms with E-state index in [1.165, 1.54) is 19.3 Å². The molecule has 176 valence electrons. The molecule has 0 radical (unpaired) electrons. The van der Waals surface area contributed by atoms with Crippen molar-refractivity contribution in [2.24, 2.45) is 0 Å². The number of amides is 1. The van der Waals surface area contributed by atoms with Crippen molar-refractivity contribution in [3.8, 4) is 5.75 Å². The number of ether oxygens (including phenoxy) is 1. The van der Waals surface area contributed by atoms with Gasteiger partial charge in [-0.1, -0.05) is 19.3 Å². The Morgan fingerprint density at radius 3 is 2.75 bits per heavy atom. The van der Waals surface area contributed by atoms with Crippen molar-refractivity contribution in [2.45, 2.75) is 64.1 Å². The number of hydrogen-bond acceptors (Lipinski definition) is 7. The molecule has 1 aliphatic heterocycles. The minimum Gasteiger partial charge on any atom is -0.491 e. The summed E-state index contributed by atoms with van der Waals surface area (Å²) in [6.45, 7) is 8.23. The number of thiazole rings is 1. The van der Waals surface area contributed by atoms with Gasteiger partial charge < -0.3 is 15.2 Å². The highest BCUT2D eigenvalue weighted by molar-refractivity contribution is 7.18. The average molecular weight is 461 g/mol. The van der Waals surface area contributed by atoms with Crippen LogP contribution < -0.4 is 10.1 Å². The molecule has 1 aromatic carbocycles. The van der Waals surface area contributed by atoms with Crippen molar-refractivity contribution in [3.05, 3.63) is 23.2 Å². The summed E-state index contributed by atoms with van der Waals surface area (Å²) in [5, 5.41) is 14.8. The molecule has 7 nitrogen and oxygen atoms in total. The van der Waals surface area contributed by atoms with Gasteiger partial charge in [-0.05, 0) is 38.8 Å². The van der Waals surface area contributed by atoms with Crippen LogP contribution in [-0.2, 0) is 4.79 Å². The van der Waals surface area contributed by atoms with Gasteiger partial charge in [0, 0.05) is 44.8 Å². The Morgan fingerprint density at radius 2 is 2.00 bits per heavy atom. The fourth-order valence-electron chi connectivity index (χ4n) is 4.72. The molecule has 32 heavy (non-hydrogen) atoms. The maximum Gasteiger partial charge on any atom is 0.237 e. The zero-order valence-corrected chi connectivity index (χ0v) is 20.1. The topological polar surface area (TPSA) is 77.9 Å². The van der Waals surface area contributed by atoms with E-state index in [2.05, 4.69) is 20.1 Å². The molecule has 1 amide bonds. The summed E-state index contributed by atoms with van der Waals surface area (Å²) < 4.78 is 6.96. The summed E-state index contributed by atoms with van der Waals surface area (Å²) in [5.74, 6) is 0.899. The Kier molecular flexibility index (Phi) is 7.99. The third-order valence-electron chi connectivity index (χ3n) is 6.66. The molecule has 2 unspecified atom stereocenters. The van der Waals surface area contributed by atoms with Gasteiger partial charge in [-0.2, -0.15) is 0 Å². The minimum absolute atomic E-state index is 0.100. The molecule has 0 bridgehead atoms. The first-order valence-electron chi connectivity index (χ1n) is 11.9. The second-order valence-electron chi connectivity index (χ2n) is 9.18. The van der Waals surface area contributed by atoms with E-state index in [-0.39, 0.29) is 18.6 Å². The summed E-state index contributed by atoms with van der Waals surface area (Å²) in [6, 6.07) is 6.15. The SMILES string of the molecule is Cc1nc2cc(OCC(O)CN3CCN(C(C)C(=O)NC4CCCCC4)CC3)ccc2s1. The number of aromatic nitrogens is 1. The molecule has 1 saturated heterocycles. The van der Waals surface area contributed by atoms with Crippen LogP contribution in [0.15, 0.2) is 18.2 Å². The van der Waals surface area contributed by atoms with Crippen LogP contribution in [0, 0.1) is 6.92 Å². The number of aliphatic hydroxyl groups is 1. The van der Waals surface area contributed by atoms with Gasteiger partial charge in [-0.25, -0.2) is 4.98 Å². The first kappa shape index (κ1) is 23.4. The van der Waals surface area contributed by atoms with Crippen LogP contribution in [0.5, 0.6) is 5.75 Å². The lowest BCUT2D eigenvalue weighted by molar-refractivity contribution is -0.127. The van der Waals surface area contributed by atoms with Crippen molar-refractivity contribution in [1.29, 1.82) is 0 Å². The van der Waals surface area contributed by atoms with Crippen molar-refractivity contribution < 1.29 is 14.6 Å². The molecule has 1 aromatic heterocycles. The predicted molar refractivity (Wildman–Crippen MR) is 128 cm³/mol. The van der Waals surface area contributed by atoms with Crippen molar-refractivity contribution in [1.82, 2.24) is 20.1 Å². The molecule has 0 spiro atoms. The smallest absolute Gasteiger partial charge is 0.237 e. The predicted octanol–water partition coefficient (Wildman–Crippen LogP) is 2.80. The Hall–Kier alpha value is -1.74. The first-order chi connectivity index (χ1) is 15.5. The van der Waals surface area contributed by atoms with Crippen molar-refractivity contribution in [3.63, 3.8) is 0 Å². The number of carbonyl (C=O) groups is 1. The fraction of sp³-hybridized carbons (Fsp3) is 0.667. The second kappa shape index (κ2) is 10.9. The highest BCUT2D eigenvalue weighted by Gasteiger charge is 2.28. The molecule has 2 heterocycles. The Morgan fingerprint density at radius 1 is 1.25 bits per heavy atom. The largest absolute Gasteiger partial charge is 0.491 e. The van der Waals surface area contributed by atoms with Crippen LogP contribution in [0.25, 0.3) is 10.2 Å². The number of β-amino-alcohol motifs (C(OH)–C–C–N with tert-alkyl or cyclic N) is 1. The van der Waals surface area contributed by atoms with Crippen LogP contribution in [0.2, 0.25) is 0 Å². The van der Waals surface area contributed by atoms with E-state index in [9.17, 15) is 9.90 Å². The van der Waals surface area contributed by atoms with Gasteiger partial charge in [0.25, 0.3) is 0 Å². The van der Waals surface area contributed by atoms with Crippen molar-refractivity contribution in [2.75, 3.05) is 39.3 Å². The summed E-state index contributed by atoms with van der Waals surface area (Å²) in [5.41, 5.74) is 0.942. The molecule has 2 N–H and O–H groups in total. The number of fused-ring (bicyclic) bond motifs is 1. The standard InChI is InChI=1S/C24H36N4O3S/c1-17(24(30)26-19-6-4-3-5-7-19)28-12-10-27(11-13-28)15-20(29)16-31-21-8-9-23-22(14-21)25-18(2)32-23/h8-9,14,17,19-20,29H,3-7,10-13,15-16H2,1-2H3,(H,26,30). The van der Waals surface area contributed by atoms with Gasteiger partial charge >= 0.3 is 0 Å². The van der Waals surface area contributed by atoms with Gasteiger partial charge in [0.1, 0.15) is 18.5 Å². The van der Waals surface area contributed by atoms with E-state index in [1.807, 2.05) is 32.0 Å². The van der Waals surface area contributed by atoms with Gasteiger partial charge in [0.15, 0.2) is 0 Å². The van der Waals surface area contributed by atoms with E-state index >= 15 is 0 Å². The Bertz CT molecular complexity index is 890. The van der Waals surface area contributed by atoms with Crippen LogP contribution in [0.1, 0.15) is 44.0 Å². The van der Waals surface area contributed by atoms with Crippen LogP contribution in [0.3, 0.4) is 0 Å². The molecular weight excluding hydrogens is 424 g/mol. The molecule has 2 aromatic rings. The first-order valence-corrected chi connectivity index (χ1v) is 12.7. The van der Waals surface area contributed by atoms with Gasteiger partial charge in [-0.3, -0.25) is 14.6 Å². The van der Waals surface area contributed by atoms with E-state index in [0.717, 1.165) is 60.0 Å². The van der Waals surface area contributed by atoms with Crippen LogP contribution in [0.4, 0.5) is 0 Å². The number of benzene rings is 1. The molecular formula is C24H36N4O3S. The number of piperazine rings is 1. The third kappa shape index (κ3) is 6.19. The van der Waals surface area contributed by atoms with E-state index in [1.54, 1.807) is 11.3 Å². The van der Waals surface area contributed by atoms with Crippen molar-refractivity contribution >= 4 is 27.5 Å². The molecule has 2 atom stereocenters. The lowest BCUT2D eigenvalue weighted by Crippen LogP contribution is -2.56. The summed E-state index contributed by atoms with van der Waals surface area (Å²) in [4.78, 5) is 21.6. The van der Waals surface area contributed by atoms with Gasteiger partial charge in [0.2, 0.25) is 5.91 Å². The zero-order valence-electron chi connectivity index (χ0n) is 19.3. The quantitative estimate of drug-likeness (QED) is 0.631. The monoisotopic (exact) mass is 460 g/mol. The number of hydrogen-bond donors (Lipinski definition) is 2. The molecule has 1 aliphatic carbocycles. The van der Waals surface area contributed by atoms with Crippen LogP contribution >= 0.6 is 11.3 Å². The summed E-state index contributed by atoms with van der Waals surface area (Å²) in [7, 11) is 0. The van der Waals surface area contributed by atoms with E-state index in [4.69, 9.17) is 4.74 Å². The highest BCUT2D eigenvalue weighted by Crippen LogP contribution is 2.25. The lowest BCUT2D eigenvalue weighted by Gasteiger charge is -2.38. The number of nitrogens with one attached hydrogen (secondary N) is 1. The zero-order chi connectivity index (χ0) is 22.5. The third-order valence-corrected chi connectivity index (χ3v) is 7.61. The summed E-state index contributed by atoms with van der Waals surface area (Å²) in [6.07, 6.45) is 5.42. The summed E-state index contributed by atoms with van der Waals surface area (Å²) >= 11 is 1.67. The molecule has 8 heteroatoms. The molecule has 4 rings (SSSR count). The van der Waals surface area contributed by atoms with Gasteiger partial charge in [-0.15, -0.1) is 11.3 Å². The number of aliphatic hydroxyl groups excluding tert-OH is 1. The maximum absolute atomic E-state index is 12.6. The Labute approximate surface area is 194 Å². The number of nitrogens with zero attached hydrogens (tertiary/aromatic N) is 3. The van der Waals surface area contributed by atoms with E-state index in [0.29, 0.717) is 12.6 Å². The van der Waals surface area contributed by atoms with E-state index < -0.39 is 6.10 Å². The highest BCUT2D eigenvalue weighted by atomic mass is 32.1. The lowest BCUT2D eigenvalue weighted by atomic mass is 9.95. The molecule has 2 fully saturated rings. The number of aryl methyl sites for hydroxylation is 1. The normalized spacial score (nSPS) is 20.8.